The second kappa shape index (κ2) is 13.2. The van der Waals surface area contributed by atoms with Gasteiger partial charge in [-0.2, -0.15) is 0 Å². The fraction of sp³-hybridized carbons (Fsp3) is 0.150. The summed E-state index contributed by atoms with van der Waals surface area (Å²) in [7, 11) is 0. The molecule has 1 nitrogen and oxygen atoms in total. The van der Waals surface area contributed by atoms with Gasteiger partial charge < -0.3 is 4.90 Å². The summed E-state index contributed by atoms with van der Waals surface area (Å²) in [4.78, 5) is 2.29. The summed E-state index contributed by atoms with van der Waals surface area (Å²) in [6.07, 6.45) is 8.38. The molecule has 0 aromatic heterocycles. The average molecular weight is 536 g/mol. The Balaban J connectivity index is 0.00000189. The van der Waals surface area contributed by atoms with Gasteiger partial charge in [-0.1, -0.05) is 130 Å². The zero-order valence-corrected chi connectivity index (χ0v) is 25.1. The highest BCUT2D eigenvalue weighted by molar-refractivity contribution is 5.78. The van der Waals surface area contributed by atoms with Crippen LogP contribution in [-0.2, 0) is 5.41 Å². The molecule has 0 amide bonds. The minimum atomic E-state index is -0.503. The van der Waals surface area contributed by atoms with Crippen molar-refractivity contribution in [3.63, 3.8) is 0 Å². The molecule has 0 saturated carbocycles. The molecule has 0 aliphatic heterocycles. The van der Waals surface area contributed by atoms with Gasteiger partial charge in [0, 0.05) is 17.1 Å². The van der Waals surface area contributed by atoms with E-state index in [1.807, 2.05) is 26.0 Å². The van der Waals surface area contributed by atoms with Crippen LogP contribution in [0.2, 0.25) is 0 Å². The minimum Gasteiger partial charge on any atom is -0.311 e. The second-order valence-electron chi connectivity index (χ2n) is 9.95. The summed E-state index contributed by atoms with van der Waals surface area (Å²) >= 11 is 0. The van der Waals surface area contributed by atoms with Crippen molar-refractivity contribution >= 4 is 17.1 Å². The summed E-state index contributed by atoms with van der Waals surface area (Å²) in [5.41, 5.74) is 11.3. The van der Waals surface area contributed by atoms with E-state index in [4.69, 9.17) is 0 Å². The third-order valence-corrected chi connectivity index (χ3v) is 7.69. The van der Waals surface area contributed by atoms with Crippen LogP contribution in [0.1, 0.15) is 44.4 Å². The first kappa shape index (κ1) is 29.4. The van der Waals surface area contributed by atoms with Crippen molar-refractivity contribution in [2.75, 3.05) is 4.90 Å². The lowest BCUT2D eigenvalue weighted by molar-refractivity contribution is 0.753. The summed E-state index contributed by atoms with van der Waals surface area (Å²) in [6.45, 7) is 19.0. The van der Waals surface area contributed by atoms with E-state index in [9.17, 15) is 0 Å². The van der Waals surface area contributed by atoms with Crippen LogP contribution in [0.4, 0.5) is 17.1 Å². The van der Waals surface area contributed by atoms with Crippen LogP contribution in [0.25, 0.3) is 0 Å². The van der Waals surface area contributed by atoms with Crippen LogP contribution in [0, 0.1) is 6.92 Å². The van der Waals surface area contributed by atoms with Gasteiger partial charge in [0.15, 0.2) is 0 Å². The maximum atomic E-state index is 4.31. The number of para-hydroxylation sites is 2. The van der Waals surface area contributed by atoms with Crippen LogP contribution >= 0.6 is 0 Å². The number of aryl methyl sites for hydroxylation is 1. The molecule has 0 N–H and O–H groups in total. The molecule has 4 aromatic rings. The lowest BCUT2D eigenvalue weighted by atomic mass is 9.65. The second-order valence-corrected chi connectivity index (χ2v) is 9.95. The maximum absolute atomic E-state index is 4.31. The Morgan fingerprint density at radius 1 is 0.610 bits per heavy atom. The van der Waals surface area contributed by atoms with E-state index in [0.717, 1.165) is 17.1 Å². The Labute approximate surface area is 247 Å². The Hall–Kier alpha value is -4.62. The molecule has 1 unspecified atom stereocenters. The third kappa shape index (κ3) is 5.28. The Morgan fingerprint density at radius 3 is 1.63 bits per heavy atom. The Kier molecular flexibility index (Phi) is 9.42. The van der Waals surface area contributed by atoms with E-state index in [1.165, 1.54) is 39.0 Å². The largest absolute Gasteiger partial charge is 0.311 e. The van der Waals surface area contributed by atoms with Crippen molar-refractivity contribution in [3.05, 3.63) is 186 Å². The van der Waals surface area contributed by atoms with Crippen molar-refractivity contribution in [2.24, 2.45) is 0 Å². The number of rotatable bonds is 8. The number of hydrogen-bond donors (Lipinski definition) is 0. The molecule has 41 heavy (non-hydrogen) atoms. The lowest BCUT2D eigenvalue weighted by Gasteiger charge is -2.36. The van der Waals surface area contributed by atoms with Crippen LogP contribution < -0.4 is 4.90 Å². The number of nitrogens with zero attached hydrogens (tertiary/aromatic N) is 1. The monoisotopic (exact) mass is 535 g/mol. The smallest absolute Gasteiger partial charge is 0.0709 e. The van der Waals surface area contributed by atoms with Crippen LogP contribution in [0.3, 0.4) is 0 Å². The molecule has 1 heteroatoms. The minimum absolute atomic E-state index is 0.503. The highest BCUT2D eigenvalue weighted by Gasteiger charge is 2.45. The lowest BCUT2D eigenvalue weighted by Crippen LogP contribution is -2.30. The molecule has 0 spiro atoms. The van der Waals surface area contributed by atoms with Gasteiger partial charge in [0.25, 0.3) is 0 Å². The molecular weight excluding hydrogens is 494 g/mol. The standard InChI is InChI=1S/C38H35N.C2H6/c1-6-16-35-29(5)36(7-2)38(37(35)8-3,31-18-15-17-28(4)27-31)30-23-25-34(26-24-30)39(32-19-11-9-12-20-32)33-21-13-10-14-22-33;1-2/h6-27H,2-3H2,1,4-5H3;1-2H3/b16-6-;. The summed E-state index contributed by atoms with van der Waals surface area (Å²) < 4.78 is 0. The first-order valence-electron chi connectivity index (χ1n) is 14.5. The van der Waals surface area contributed by atoms with E-state index in [2.05, 4.69) is 160 Å². The predicted molar refractivity (Wildman–Crippen MR) is 179 cm³/mol. The van der Waals surface area contributed by atoms with Crippen LogP contribution in [0.5, 0.6) is 0 Å². The number of hydrogen-bond acceptors (Lipinski definition) is 1. The van der Waals surface area contributed by atoms with E-state index >= 15 is 0 Å². The van der Waals surface area contributed by atoms with Crippen molar-refractivity contribution in [3.8, 4) is 0 Å². The molecule has 1 atom stereocenters. The van der Waals surface area contributed by atoms with Gasteiger partial charge in [-0.25, -0.2) is 0 Å². The summed E-state index contributed by atoms with van der Waals surface area (Å²) in [6, 6.07) is 38.9. The fourth-order valence-corrected chi connectivity index (χ4v) is 6.05. The quantitative estimate of drug-likeness (QED) is 0.217. The molecule has 5 rings (SSSR count). The molecule has 1 aliphatic rings. The van der Waals surface area contributed by atoms with Crippen molar-refractivity contribution in [1.82, 2.24) is 0 Å². The molecule has 1 aliphatic carbocycles. The molecule has 0 bridgehead atoms. The first-order chi connectivity index (χ1) is 20.1. The van der Waals surface area contributed by atoms with Crippen molar-refractivity contribution in [2.45, 2.75) is 40.0 Å². The predicted octanol–water partition coefficient (Wildman–Crippen LogP) is 11.4. The SMILES string of the molecule is C=CC1=C(C)C(/C=C\C)=C(C=C)C1(c1ccc(N(c2ccccc2)c2ccccc2)cc1)c1cccc(C)c1.CC. The Bertz CT molecular complexity index is 1540. The van der Waals surface area contributed by atoms with E-state index < -0.39 is 5.41 Å². The van der Waals surface area contributed by atoms with E-state index in [-0.39, 0.29) is 0 Å². The first-order valence-corrected chi connectivity index (χ1v) is 14.5. The number of benzene rings is 4. The zero-order valence-electron chi connectivity index (χ0n) is 25.1. The highest BCUT2D eigenvalue weighted by atomic mass is 15.1. The molecule has 4 aromatic carbocycles. The van der Waals surface area contributed by atoms with Gasteiger partial charge >= 0.3 is 0 Å². The normalized spacial score (nSPS) is 16.4. The third-order valence-electron chi connectivity index (χ3n) is 7.69. The summed E-state index contributed by atoms with van der Waals surface area (Å²) in [5, 5.41) is 0. The number of allylic oxidation sites excluding steroid dienone is 8. The fourth-order valence-electron chi connectivity index (χ4n) is 6.05. The van der Waals surface area contributed by atoms with E-state index in [0.29, 0.717) is 0 Å². The summed E-state index contributed by atoms with van der Waals surface area (Å²) in [5.74, 6) is 0. The Morgan fingerprint density at radius 2 is 1.15 bits per heavy atom. The molecular formula is C40H41N. The van der Waals surface area contributed by atoms with E-state index in [1.54, 1.807) is 0 Å². The van der Waals surface area contributed by atoms with Crippen molar-refractivity contribution in [1.29, 1.82) is 0 Å². The average Bonchev–Trinajstić information content (AvgIpc) is 3.27. The van der Waals surface area contributed by atoms with Gasteiger partial charge in [0.1, 0.15) is 0 Å². The van der Waals surface area contributed by atoms with Gasteiger partial charge in [-0.15, -0.1) is 0 Å². The maximum Gasteiger partial charge on any atom is 0.0709 e. The number of anilines is 3. The van der Waals surface area contributed by atoms with Crippen LogP contribution in [-0.4, -0.2) is 0 Å². The molecule has 0 radical (unpaired) electrons. The van der Waals surface area contributed by atoms with Gasteiger partial charge in [-0.05, 0) is 90.6 Å². The van der Waals surface area contributed by atoms with Gasteiger partial charge in [-0.3, -0.25) is 0 Å². The van der Waals surface area contributed by atoms with Gasteiger partial charge in [0.2, 0.25) is 0 Å². The molecule has 0 saturated heterocycles. The molecule has 206 valence electrons. The molecule has 0 heterocycles. The topological polar surface area (TPSA) is 3.24 Å². The zero-order chi connectivity index (χ0) is 29.4. The van der Waals surface area contributed by atoms with Crippen LogP contribution in [0.15, 0.2) is 169 Å². The molecule has 0 fully saturated rings. The highest BCUT2D eigenvalue weighted by Crippen LogP contribution is 2.55. The van der Waals surface area contributed by atoms with Crippen molar-refractivity contribution < 1.29 is 0 Å². The van der Waals surface area contributed by atoms with Gasteiger partial charge in [0.05, 0.1) is 5.41 Å².